The second-order valence-electron chi connectivity index (χ2n) is 9.06. The molecule has 3 atom stereocenters. The van der Waals surface area contributed by atoms with Gasteiger partial charge in [0.1, 0.15) is 18.8 Å². The fraction of sp³-hybridized carbons (Fsp3) is 0.417. The van der Waals surface area contributed by atoms with E-state index in [-0.39, 0.29) is 18.9 Å². The minimum atomic E-state index is -4.82. The molecule has 0 saturated carbocycles. The molecule has 1 aliphatic rings. The van der Waals surface area contributed by atoms with Gasteiger partial charge in [-0.3, -0.25) is 14.6 Å². The van der Waals surface area contributed by atoms with Gasteiger partial charge >= 0.3 is 6.18 Å². The molecule has 0 radical (unpaired) electrons. The monoisotopic (exact) mass is 519 g/mol. The van der Waals surface area contributed by atoms with Crippen LogP contribution in [0.1, 0.15) is 54.9 Å². The number of benzene rings is 1. The van der Waals surface area contributed by atoms with Crippen molar-refractivity contribution >= 4 is 11.8 Å². The first-order valence-electron chi connectivity index (χ1n) is 11.6. The minimum Gasteiger partial charge on any atom is -0.342 e. The number of alkyl halides is 4. The molecule has 1 fully saturated rings. The molecule has 1 saturated heterocycles. The van der Waals surface area contributed by atoms with Crippen LogP contribution >= 0.6 is 0 Å². The predicted octanol–water partition coefficient (Wildman–Crippen LogP) is 3.06. The summed E-state index contributed by atoms with van der Waals surface area (Å²) in [5.74, 6) is -2.65. The highest BCUT2D eigenvalue weighted by atomic mass is 19.4. The summed E-state index contributed by atoms with van der Waals surface area (Å²) in [5, 5.41) is 12.1. The van der Waals surface area contributed by atoms with E-state index >= 15 is 0 Å². The molecule has 3 heterocycles. The zero-order valence-corrected chi connectivity index (χ0v) is 20.1. The lowest BCUT2D eigenvalue weighted by Gasteiger charge is -2.26. The van der Waals surface area contributed by atoms with Crippen molar-refractivity contribution in [2.24, 2.45) is 0 Å². The molecule has 3 aromatic rings. The number of rotatable bonds is 7. The van der Waals surface area contributed by atoms with E-state index in [1.807, 2.05) is 38.1 Å². The molecule has 1 N–H and O–H groups in total. The molecular formula is C24H25F4N7O2. The Morgan fingerprint density at radius 1 is 1.11 bits per heavy atom. The average Bonchev–Trinajstić information content (AvgIpc) is 3.50. The van der Waals surface area contributed by atoms with Crippen LogP contribution in [0.4, 0.5) is 17.6 Å². The molecule has 13 heteroatoms. The van der Waals surface area contributed by atoms with Crippen LogP contribution in [0.2, 0.25) is 0 Å². The van der Waals surface area contributed by atoms with Gasteiger partial charge in [0, 0.05) is 12.6 Å². The van der Waals surface area contributed by atoms with Crippen molar-refractivity contribution in [3.05, 3.63) is 71.3 Å². The number of hydrogen-bond acceptors (Lipinski definition) is 6. The van der Waals surface area contributed by atoms with E-state index < -0.39 is 48.6 Å². The van der Waals surface area contributed by atoms with E-state index in [9.17, 15) is 27.2 Å². The zero-order chi connectivity index (χ0) is 26.7. The Morgan fingerprint density at radius 2 is 1.84 bits per heavy atom. The highest BCUT2D eigenvalue weighted by Crippen LogP contribution is 2.27. The van der Waals surface area contributed by atoms with E-state index in [0.717, 1.165) is 16.0 Å². The Balaban J connectivity index is 1.53. The minimum absolute atomic E-state index is 0.253. The molecule has 196 valence electrons. The van der Waals surface area contributed by atoms with Crippen molar-refractivity contribution < 1.29 is 27.2 Å². The van der Waals surface area contributed by atoms with Crippen LogP contribution in [0.15, 0.2) is 48.7 Å². The molecule has 2 aromatic heterocycles. The van der Waals surface area contributed by atoms with E-state index in [1.165, 1.54) is 0 Å². The summed E-state index contributed by atoms with van der Waals surface area (Å²) in [6.07, 6.45) is -4.83. The Kier molecular flexibility index (Phi) is 7.50. The molecule has 2 amide bonds. The lowest BCUT2D eigenvalue weighted by molar-refractivity contribution is -0.145. The van der Waals surface area contributed by atoms with Crippen molar-refractivity contribution in [1.82, 2.24) is 35.4 Å². The van der Waals surface area contributed by atoms with Crippen molar-refractivity contribution in [3.8, 4) is 0 Å². The molecule has 1 aromatic carbocycles. The number of tetrazole rings is 1. The Labute approximate surface area is 209 Å². The van der Waals surface area contributed by atoms with Crippen molar-refractivity contribution in [2.45, 2.75) is 57.2 Å². The third-order valence-corrected chi connectivity index (χ3v) is 6.05. The summed E-state index contributed by atoms with van der Waals surface area (Å²) >= 11 is 0. The third-order valence-electron chi connectivity index (χ3n) is 6.05. The number of nitrogens with one attached hydrogen (secondary N) is 1. The number of halogens is 4. The summed E-state index contributed by atoms with van der Waals surface area (Å²) in [6.45, 7) is 2.96. The zero-order valence-electron chi connectivity index (χ0n) is 20.1. The van der Waals surface area contributed by atoms with E-state index in [2.05, 4.69) is 25.7 Å². The average molecular weight is 520 g/mol. The number of hydrogen-bond donors (Lipinski definition) is 1. The summed E-state index contributed by atoms with van der Waals surface area (Å²) < 4.78 is 52.6. The summed E-state index contributed by atoms with van der Waals surface area (Å²) in [7, 11) is 0. The second-order valence-corrected chi connectivity index (χ2v) is 9.06. The quantitative estimate of drug-likeness (QED) is 0.481. The van der Waals surface area contributed by atoms with Crippen LogP contribution in [0.25, 0.3) is 0 Å². The first-order chi connectivity index (χ1) is 17.5. The summed E-state index contributed by atoms with van der Waals surface area (Å²) in [6, 6.07) is 10.9. The summed E-state index contributed by atoms with van der Waals surface area (Å²) in [5.41, 5.74) is 2.31. The first kappa shape index (κ1) is 26.2. The first-order valence-corrected chi connectivity index (χ1v) is 11.6. The van der Waals surface area contributed by atoms with Gasteiger partial charge in [0.05, 0.1) is 18.3 Å². The Bertz CT molecular complexity index is 1230. The maximum absolute atomic E-state index is 14.4. The van der Waals surface area contributed by atoms with Gasteiger partial charge in [0.25, 0.3) is 5.82 Å². The Morgan fingerprint density at radius 3 is 2.43 bits per heavy atom. The molecule has 3 unspecified atom stereocenters. The van der Waals surface area contributed by atoms with E-state index in [1.54, 1.807) is 24.4 Å². The fourth-order valence-corrected chi connectivity index (χ4v) is 4.09. The highest BCUT2D eigenvalue weighted by molar-refractivity contribution is 5.88. The number of amides is 2. The third kappa shape index (κ3) is 6.09. The fourth-order valence-electron chi connectivity index (χ4n) is 4.09. The van der Waals surface area contributed by atoms with Crippen LogP contribution in [0.3, 0.4) is 0 Å². The van der Waals surface area contributed by atoms with E-state index in [4.69, 9.17) is 0 Å². The van der Waals surface area contributed by atoms with Gasteiger partial charge < -0.3 is 10.2 Å². The molecule has 37 heavy (non-hydrogen) atoms. The number of carbonyl (C=O) groups excluding carboxylic acids is 2. The van der Waals surface area contributed by atoms with Gasteiger partial charge in [-0.15, -0.1) is 10.2 Å². The maximum Gasteiger partial charge on any atom is 0.455 e. The largest absolute Gasteiger partial charge is 0.455 e. The van der Waals surface area contributed by atoms with Crippen LogP contribution < -0.4 is 5.32 Å². The molecule has 0 bridgehead atoms. The number of likely N-dealkylation sites (tertiary alicyclic amines) is 1. The van der Waals surface area contributed by atoms with Gasteiger partial charge in [0.2, 0.25) is 11.8 Å². The van der Waals surface area contributed by atoms with Gasteiger partial charge in [-0.25, -0.2) is 4.39 Å². The number of pyridine rings is 1. The highest BCUT2D eigenvalue weighted by Gasteiger charge is 2.41. The normalized spacial score (nSPS) is 18.7. The molecule has 4 rings (SSSR count). The molecule has 1 aliphatic heterocycles. The lowest BCUT2D eigenvalue weighted by atomic mass is 10.00. The van der Waals surface area contributed by atoms with Gasteiger partial charge in [-0.1, -0.05) is 50.2 Å². The lowest BCUT2D eigenvalue weighted by Crippen LogP contribution is -2.48. The SMILES string of the molecule is CC(C)c1ccc(C(NC(=O)C2CC(F)CN2C(=O)Cn2nnc(C(F)(F)F)n2)c2ccccc2)nc1. The number of carbonyl (C=O) groups is 2. The van der Waals surface area contributed by atoms with Crippen LogP contribution in [-0.4, -0.2) is 60.7 Å². The van der Waals surface area contributed by atoms with Crippen molar-refractivity contribution in [1.29, 1.82) is 0 Å². The predicted molar refractivity (Wildman–Crippen MR) is 123 cm³/mol. The van der Waals surface area contributed by atoms with Gasteiger partial charge in [0.15, 0.2) is 0 Å². The molecular weight excluding hydrogens is 494 g/mol. The van der Waals surface area contributed by atoms with Crippen molar-refractivity contribution in [2.75, 3.05) is 6.54 Å². The van der Waals surface area contributed by atoms with Gasteiger partial charge in [-0.2, -0.15) is 18.0 Å². The van der Waals surface area contributed by atoms with Crippen LogP contribution in [-0.2, 0) is 22.3 Å². The van der Waals surface area contributed by atoms with E-state index in [0.29, 0.717) is 10.5 Å². The Hall–Kier alpha value is -3.90. The molecule has 0 spiro atoms. The van der Waals surface area contributed by atoms with Crippen molar-refractivity contribution in [3.63, 3.8) is 0 Å². The smallest absolute Gasteiger partial charge is 0.342 e. The standard InChI is InChI=1S/C24H25F4N7O2/c1-14(2)16-8-9-18(29-11-16)21(15-6-4-3-5-7-15)30-22(37)19-10-17(25)12-34(19)20(36)13-35-32-23(31-33-35)24(26,27)28/h3-9,11,14,17,19,21H,10,12-13H2,1-2H3,(H,30,37). The maximum atomic E-state index is 14.4. The summed E-state index contributed by atoms with van der Waals surface area (Å²) in [4.78, 5) is 32.1. The molecule has 0 aliphatic carbocycles. The topological polar surface area (TPSA) is 106 Å². The van der Waals surface area contributed by atoms with Crippen LogP contribution in [0, 0.1) is 0 Å². The molecule has 9 nitrogen and oxygen atoms in total. The van der Waals surface area contributed by atoms with Gasteiger partial charge in [-0.05, 0) is 28.3 Å². The second kappa shape index (κ2) is 10.6. The number of nitrogens with zero attached hydrogens (tertiary/aromatic N) is 6. The number of aromatic nitrogens is 5. The van der Waals surface area contributed by atoms with Crippen LogP contribution in [0.5, 0.6) is 0 Å².